The summed E-state index contributed by atoms with van der Waals surface area (Å²) < 4.78 is 19.1. The Balaban J connectivity index is 2.03. The summed E-state index contributed by atoms with van der Waals surface area (Å²) in [5.41, 5.74) is 3.53. The van der Waals surface area contributed by atoms with E-state index >= 15 is 0 Å². The molecule has 0 saturated carbocycles. The van der Waals surface area contributed by atoms with Crippen molar-refractivity contribution in [2.24, 2.45) is 0 Å². The van der Waals surface area contributed by atoms with E-state index in [-0.39, 0.29) is 11.9 Å². The van der Waals surface area contributed by atoms with Crippen molar-refractivity contribution in [1.29, 1.82) is 0 Å². The SMILES string of the molecule is C=CCOc1cc(F)ccc1C1NCCc2ccccc21. The summed E-state index contributed by atoms with van der Waals surface area (Å²) >= 11 is 0. The largest absolute Gasteiger partial charge is 0.489 e. The van der Waals surface area contributed by atoms with Gasteiger partial charge in [0.25, 0.3) is 0 Å². The number of halogens is 1. The molecule has 0 fully saturated rings. The summed E-state index contributed by atoms with van der Waals surface area (Å²) in [6.07, 6.45) is 2.67. The molecule has 1 unspecified atom stereocenters. The van der Waals surface area contributed by atoms with Gasteiger partial charge in [0, 0.05) is 18.2 Å². The van der Waals surface area contributed by atoms with Crippen molar-refractivity contribution in [3.05, 3.63) is 77.6 Å². The van der Waals surface area contributed by atoms with Gasteiger partial charge in [0.05, 0.1) is 6.04 Å². The van der Waals surface area contributed by atoms with Crippen molar-refractivity contribution >= 4 is 0 Å². The van der Waals surface area contributed by atoms with Gasteiger partial charge in [-0.2, -0.15) is 0 Å². The van der Waals surface area contributed by atoms with Crippen LogP contribution in [0.4, 0.5) is 4.39 Å². The highest BCUT2D eigenvalue weighted by Crippen LogP contribution is 2.34. The fourth-order valence-corrected chi connectivity index (χ4v) is 2.80. The lowest BCUT2D eigenvalue weighted by atomic mass is 9.89. The van der Waals surface area contributed by atoms with Crippen LogP contribution in [0.1, 0.15) is 22.7 Å². The number of benzene rings is 2. The maximum atomic E-state index is 13.5. The molecule has 21 heavy (non-hydrogen) atoms. The van der Waals surface area contributed by atoms with Gasteiger partial charge in [0.1, 0.15) is 18.2 Å². The molecule has 0 aliphatic carbocycles. The summed E-state index contributed by atoms with van der Waals surface area (Å²) in [6.45, 7) is 4.91. The van der Waals surface area contributed by atoms with Crippen LogP contribution in [0.3, 0.4) is 0 Å². The first kappa shape index (κ1) is 13.8. The van der Waals surface area contributed by atoms with Crippen molar-refractivity contribution in [1.82, 2.24) is 5.32 Å². The zero-order valence-corrected chi connectivity index (χ0v) is 11.8. The van der Waals surface area contributed by atoms with E-state index in [1.54, 1.807) is 12.1 Å². The fourth-order valence-electron chi connectivity index (χ4n) is 2.80. The third-order valence-corrected chi connectivity index (χ3v) is 3.75. The third-order valence-electron chi connectivity index (χ3n) is 3.75. The second-order valence-corrected chi connectivity index (χ2v) is 5.12. The maximum absolute atomic E-state index is 13.5. The van der Waals surface area contributed by atoms with E-state index in [9.17, 15) is 4.39 Å². The minimum atomic E-state index is -0.290. The Bertz CT molecular complexity index is 653. The van der Waals surface area contributed by atoms with Gasteiger partial charge in [0.15, 0.2) is 0 Å². The third kappa shape index (κ3) is 2.83. The highest BCUT2D eigenvalue weighted by molar-refractivity contribution is 5.45. The van der Waals surface area contributed by atoms with Crippen molar-refractivity contribution in [2.45, 2.75) is 12.5 Å². The van der Waals surface area contributed by atoms with E-state index in [0.29, 0.717) is 12.4 Å². The Morgan fingerprint density at radius 1 is 1.24 bits per heavy atom. The van der Waals surface area contributed by atoms with Gasteiger partial charge in [-0.25, -0.2) is 4.39 Å². The average Bonchev–Trinajstić information content (AvgIpc) is 2.52. The van der Waals surface area contributed by atoms with Crippen LogP contribution < -0.4 is 10.1 Å². The lowest BCUT2D eigenvalue weighted by Gasteiger charge is -2.28. The molecular formula is C18H18FNO. The van der Waals surface area contributed by atoms with Gasteiger partial charge < -0.3 is 10.1 Å². The molecule has 1 heterocycles. The van der Waals surface area contributed by atoms with E-state index in [2.05, 4.69) is 30.1 Å². The topological polar surface area (TPSA) is 21.3 Å². The van der Waals surface area contributed by atoms with Gasteiger partial charge in [-0.15, -0.1) is 0 Å². The highest BCUT2D eigenvalue weighted by atomic mass is 19.1. The summed E-state index contributed by atoms with van der Waals surface area (Å²) in [7, 11) is 0. The fraction of sp³-hybridized carbons (Fsp3) is 0.222. The zero-order chi connectivity index (χ0) is 14.7. The number of nitrogens with one attached hydrogen (secondary N) is 1. The van der Waals surface area contributed by atoms with Crippen molar-refractivity contribution in [2.75, 3.05) is 13.2 Å². The minimum Gasteiger partial charge on any atom is -0.489 e. The average molecular weight is 283 g/mol. The Morgan fingerprint density at radius 2 is 2.10 bits per heavy atom. The molecule has 1 atom stereocenters. The monoisotopic (exact) mass is 283 g/mol. The second kappa shape index (κ2) is 6.10. The molecule has 1 aliphatic rings. The molecule has 0 radical (unpaired) electrons. The molecule has 3 heteroatoms. The van der Waals surface area contributed by atoms with Crippen LogP contribution in [-0.2, 0) is 6.42 Å². The van der Waals surface area contributed by atoms with E-state index in [4.69, 9.17) is 4.74 Å². The van der Waals surface area contributed by atoms with Crippen molar-refractivity contribution in [3.8, 4) is 5.75 Å². The molecule has 0 saturated heterocycles. The first-order valence-electron chi connectivity index (χ1n) is 7.14. The van der Waals surface area contributed by atoms with Crippen molar-refractivity contribution < 1.29 is 9.13 Å². The van der Waals surface area contributed by atoms with Crippen LogP contribution in [0.25, 0.3) is 0 Å². The molecule has 2 aromatic rings. The van der Waals surface area contributed by atoms with Gasteiger partial charge >= 0.3 is 0 Å². The number of fused-ring (bicyclic) bond motifs is 1. The Kier molecular flexibility index (Phi) is 4.02. The molecule has 0 spiro atoms. The van der Waals surface area contributed by atoms with E-state index < -0.39 is 0 Å². The highest BCUT2D eigenvalue weighted by Gasteiger charge is 2.23. The van der Waals surface area contributed by atoms with E-state index in [1.165, 1.54) is 23.3 Å². The van der Waals surface area contributed by atoms with E-state index in [0.717, 1.165) is 18.5 Å². The molecule has 1 N–H and O–H groups in total. The Labute approximate surface area is 124 Å². The van der Waals surface area contributed by atoms with Crippen LogP contribution in [0.2, 0.25) is 0 Å². The molecule has 2 nitrogen and oxygen atoms in total. The number of ether oxygens (including phenoxy) is 1. The normalized spacial score (nSPS) is 17.1. The second-order valence-electron chi connectivity index (χ2n) is 5.12. The summed E-state index contributed by atoms with van der Waals surface area (Å²) in [5.74, 6) is 0.283. The molecule has 0 bridgehead atoms. The summed E-state index contributed by atoms with van der Waals surface area (Å²) in [5, 5.41) is 3.50. The minimum absolute atomic E-state index is 0.0374. The van der Waals surface area contributed by atoms with Gasteiger partial charge in [-0.3, -0.25) is 0 Å². The summed E-state index contributed by atoms with van der Waals surface area (Å²) in [4.78, 5) is 0. The molecule has 1 aliphatic heterocycles. The lowest BCUT2D eigenvalue weighted by Crippen LogP contribution is -2.30. The first-order valence-corrected chi connectivity index (χ1v) is 7.14. The zero-order valence-electron chi connectivity index (χ0n) is 11.8. The van der Waals surface area contributed by atoms with Crippen LogP contribution >= 0.6 is 0 Å². The number of rotatable bonds is 4. The Hall–Kier alpha value is -2.13. The number of hydrogen-bond acceptors (Lipinski definition) is 2. The van der Waals surface area contributed by atoms with Crippen LogP contribution in [0.15, 0.2) is 55.1 Å². The first-order chi connectivity index (χ1) is 10.3. The smallest absolute Gasteiger partial charge is 0.127 e. The Morgan fingerprint density at radius 3 is 2.95 bits per heavy atom. The van der Waals surface area contributed by atoms with Gasteiger partial charge in [-0.05, 0) is 23.6 Å². The van der Waals surface area contributed by atoms with E-state index in [1.807, 2.05) is 6.07 Å². The van der Waals surface area contributed by atoms with Crippen molar-refractivity contribution in [3.63, 3.8) is 0 Å². The number of hydrogen-bond donors (Lipinski definition) is 1. The quantitative estimate of drug-likeness (QED) is 0.865. The molecular weight excluding hydrogens is 265 g/mol. The van der Waals surface area contributed by atoms with Crippen LogP contribution in [-0.4, -0.2) is 13.2 Å². The van der Waals surface area contributed by atoms with Crippen LogP contribution in [0.5, 0.6) is 5.75 Å². The summed E-state index contributed by atoms with van der Waals surface area (Å²) in [6, 6.07) is 13.1. The molecule has 0 amide bonds. The maximum Gasteiger partial charge on any atom is 0.127 e. The van der Waals surface area contributed by atoms with Gasteiger partial charge in [-0.1, -0.05) is 43.0 Å². The van der Waals surface area contributed by atoms with Crippen LogP contribution in [0, 0.1) is 5.82 Å². The molecule has 0 aromatic heterocycles. The standard InChI is InChI=1S/C18H18FNO/c1-2-11-21-17-12-14(19)7-8-16(17)18-15-6-4-3-5-13(15)9-10-20-18/h2-8,12,18,20H,1,9-11H2. The molecule has 2 aromatic carbocycles. The van der Waals surface area contributed by atoms with Gasteiger partial charge in [0.2, 0.25) is 0 Å². The predicted molar refractivity (Wildman–Crippen MR) is 82.1 cm³/mol. The molecule has 3 rings (SSSR count). The predicted octanol–water partition coefficient (Wildman–Crippen LogP) is 3.63. The lowest BCUT2D eigenvalue weighted by molar-refractivity contribution is 0.352. The molecule has 108 valence electrons.